The highest BCUT2D eigenvalue weighted by Gasteiger charge is 2.19. The van der Waals surface area contributed by atoms with Crippen LogP contribution in [0.1, 0.15) is 29.2 Å². The van der Waals surface area contributed by atoms with Gasteiger partial charge in [-0.3, -0.25) is 0 Å². The zero-order valence-corrected chi connectivity index (χ0v) is 9.10. The van der Waals surface area contributed by atoms with Crippen molar-refractivity contribution < 1.29 is 18.3 Å². The number of likely N-dealkylation sites (N-methyl/N-ethyl adjacent to an activating group) is 1. The van der Waals surface area contributed by atoms with E-state index >= 15 is 0 Å². The van der Waals surface area contributed by atoms with Gasteiger partial charge in [0.25, 0.3) is 6.43 Å². The Morgan fingerprint density at radius 3 is 2.44 bits per heavy atom. The molecule has 0 bridgehead atoms. The molecule has 0 fully saturated rings. The maximum absolute atomic E-state index is 13.4. The number of aryl methyl sites for hydroxylation is 1. The van der Waals surface area contributed by atoms with Gasteiger partial charge in [0, 0.05) is 6.54 Å². The van der Waals surface area contributed by atoms with Gasteiger partial charge in [-0.2, -0.15) is 0 Å². The number of aliphatic hydroxyl groups is 1. The Balaban J connectivity index is 3.09. The van der Waals surface area contributed by atoms with Gasteiger partial charge in [0.2, 0.25) is 0 Å². The van der Waals surface area contributed by atoms with Gasteiger partial charge >= 0.3 is 0 Å². The summed E-state index contributed by atoms with van der Waals surface area (Å²) in [5.74, 6) is -0.972. The SMILES string of the molecule is CNCC(O)c1cc(C)c(C(F)F)c(F)c1. The molecule has 1 aromatic rings. The quantitative estimate of drug-likeness (QED) is 0.836. The third-order valence-corrected chi connectivity index (χ3v) is 2.36. The van der Waals surface area contributed by atoms with Crippen LogP contribution in [0.3, 0.4) is 0 Å². The number of halogens is 3. The van der Waals surface area contributed by atoms with E-state index in [1.807, 2.05) is 0 Å². The highest BCUT2D eigenvalue weighted by atomic mass is 19.3. The van der Waals surface area contributed by atoms with E-state index < -0.39 is 23.9 Å². The molecular weight excluding hydrogens is 219 g/mol. The van der Waals surface area contributed by atoms with Gasteiger partial charge in [-0.1, -0.05) is 6.07 Å². The van der Waals surface area contributed by atoms with E-state index in [0.717, 1.165) is 6.07 Å². The Labute approximate surface area is 92.1 Å². The Morgan fingerprint density at radius 1 is 1.38 bits per heavy atom. The molecule has 0 saturated carbocycles. The van der Waals surface area contributed by atoms with E-state index in [1.165, 1.54) is 13.0 Å². The number of hydrogen-bond donors (Lipinski definition) is 2. The minimum absolute atomic E-state index is 0.153. The normalized spacial score (nSPS) is 13.2. The monoisotopic (exact) mass is 233 g/mol. The number of alkyl halides is 2. The van der Waals surface area contributed by atoms with Crippen LogP contribution in [0.25, 0.3) is 0 Å². The predicted molar refractivity (Wildman–Crippen MR) is 55.0 cm³/mol. The summed E-state index contributed by atoms with van der Waals surface area (Å²) in [7, 11) is 1.64. The van der Waals surface area contributed by atoms with Crippen LogP contribution >= 0.6 is 0 Å². The maximum Gasteiger partial charge on any atom is 0.266 e. The van der Waals surface area contributed by atoms with Crippen molar-refractivity contribution in [1.29, 1.82) is 0 Å². The number of aliphatic hydroxyl groups excluding tert-OH is 1. The lowest BCUT2D eigenvalue weighted by Gasteiger charge is -2.14. The molecule has 2 nitrogen and oxygen atoms in total. The lowest BCUT2D eigenvalue weighted by molar-refractivity contribution is 0.144. The molecule has 1 aromatic carbocycles. The van der Waals surface area contributed by atoms with Crippen LogP contribution in [0, 0.1) is 12.7 Å². The summed E-state index contributed by atoms with van der Waals surface area (Å²) in [6.45, 7) is 1.65. The van der Waals surface area contributed by atoms with E-state index in [4.69, 9.17) is 0 Å². The fourth-order valence-corrected chi connectivity index (χ4v) is 1.56. The van der Waals surface area contributed by atoms with Crippen LogP contribution in [0.4, 0.5) is 13.2 Å². The van der Waals surface area contributed by atoms with Crippen LogP contribution in [0.2, 0.25) is 0 Å². The smallest absolute Gasteiger partial charge is 0.266 e. The largest absolute Gasteiger partial charge is 0.387 e. The lowest BCUT2D eigenvalue weighted by atomic mass is 10.0. The van der Waals surface area contributed by atoms with Crippen molar-refractivity contribution in [3.63, 3.8) is 0 Å². The Morgan fingerprint density at radius 2 is 2.00 bits per heavy atom. The van der Waals surface area contributed by atoms with Crippen molar-refractivity contribution in [3.8, 4) is 0 Å². The lowest BCUT2D eigenvalue weighted by Crippen LogP contribution is -2.17. The first-order chi connectivity index (χ1) is 7.47. The molecule has 0 amide bonds. The number of benzene rings is 1. The fraction of sp³-hybridized carbons (Fsp3) is 0.455. The molecule has 1 atom stereocenters. The summed E-state index contributed by atoms with van der Waals surface area (Å²) in [6, 6.07) is 2.34. The first kappa shape index (κ1) is 13.0. The Hall–Kier alpha value is -1.07. The van der Waals surface area contributed by atoms with Crippen molar-refractivity contribution in [2.75, 3.05) is 13.6 Å². The third kappa shape index (κ3) is 2.74. The molecule has 0 aromatic heterocycles. The first-order valence-corrected chi connectivity index (χ1v) is 4.88. The van der Waals surface area contributed by atoms with Gasteiger partial charge in [0.1, 0.15) is 5.82 Å². The number of hydrogen-bond acceptors (Lipinski definition) is 2. The zero-order chi connectivity index (χ0) is 12.3. The molecule has 0 aliphatic rings. The highest BCUT2D eigenvalue weighted by Crippen LogP contribution is 2.28. The first-order valence-electron chi connectivity index (χ1n) is 4.88. The molecule has 0 spiro atoms. The second kappa shape index (κ2) is 5.32. The molecule has 90 valence electrons. The van der Waals surface area contributed by atoms with Crippen LogP contribution in [-0.4, -0.2) is 18.7 Å². The molecule has 0 aliphatic heterocycles. The Bertz CT molecular complexity index is 345. The summed E-state index contributed by atoms with van der Waals surface area (Å²) in [5, 5.41) is 12.3. The second-order valence-electron chi connectivity index (χ2n) is 3.61. The van der Waals surface area contributed by atoms with E-state index in [0.29, 0.717) is 5.56 Å². The minimum atomic E-state index is -2.84. The molecule has 16 heavy (non-hydrogen) atoms. The highest BCUT2D eigenvalue weighted by molar-refractivity contribution is 5.34. The van der Waals surface area contributed by atoms with Crippen LogP contribution in [0.5, 0.6) is 0 Å². The predicted octanol–water partition coefficient (Wildman–Crippen LogP) is 2.32. The van der Waals surface area contributed by atoms with Crippen molar-refractivity contribution in [2.45, 2.75) is 19.5 Å². The molecule has 5 heteroatoms. The van der Waals surface area contributed by atoms with Crippen LogP contribution in [-0.2, 0) is 0 Å². The molecule has 0 saturated heterocycles. The Kier molecular flexibility index (Phi) is 4.32. The van der Waals surface area contributed by atoms with E-state index in [1.54, 1.807) is 7.05 Å². The van der Waals surface area contributed by atoms with Crippen molar-refractivity contribution in [2.24, 2.45) is 0 Å². The molecule has 0 radical (unpaired) electrons. The number of nitrogens with one attached hydrogen (secondary N) is 1. The minimum Gasteiger partial charge on any atom is -0.387 e. The maximum atomic E-state index is 13.4. The molecule has 0 heterocycles. The summed E-state index contributed by atoms with van der Waals surface area (Å²) in [4.78, 5) is 0. The van der Waals surface area contributed by atoms with Crippen molar-refractivity contribution in [1.82, 2.24) is 5.32 Å². The van der Waals surface area contributed by atoms with Gasteiger partial charge in [-0.05, 0) is 31.2 Å². The molecule has 1 unspecified atom stereocenters. The summed E-state index contributed by atoms with van der Waals surface area (Å²) < 4.78 is 38.3. The summed E-state index contributed by atoms with van der Waals surface area (Å²) in [5.41, 5.74) is -0.144. The zero-order valence-electron chi connectivity index (χ0n) is 9.10. The van der Waals surface area contributed by atoms with Gasteiger partial charge in [0.05, 0.1) is 11.7 Å². The molecule has 2 N–H and O–H groups in total. The van der Waals surface area contributed by atoms with Gasteiger partial charge in [0.15, 0.2) is 0 Å². The van der Waals surface area contributed by atoms with Crippen molar-refractivity contribution in [3.05, 3.63) is 34.6 Å². The van der Waals surface area contributed by atoms with Gasteiger partial charge < -0.3 is 10.4 Å². The van der Waals surface area contributed by atoms with Crippen LogP contribution in [0.15, 0.2) is 12.1 Å². The summed E-state index contributed by atoms with van der Waals surface area (Å²) >= 11 is 0. The van der Waals surface area contributed by atoms with Crippen LogP contribution < -0.4 is 5.32 Å². The van der Waals surface area contributed by atoms with Gasteiger partial charge in [-0.25, -0.2) is 13.2 Å². The van der Waals surface area contributed by atoms with E-state index in [-0.39, 0.29) is 12.1 Å². The topological polar surface area (TPSA) is 32.3 Å². The second-order valence-corrected chi connectivity index (χ2v) is 3.61. The average molecular weight is 233 g/mol. The third-order valence-electron chi connectivity index (χ3n) is 2.36. The summed E-state index contributed by atoms with van der Waals surface area (Å²) in [6.07, 6.45) is -3.74. The molecule has 1 rings (SSSR count). The van der Waals surface area contributed by atoms with Gasteiger partial charge in [-0.15, -0.1) is 0 Å². The average Bonchev–Trinajstić information content (AvgIpc) is 2.16. The van der Waals surface area contributed by atoms with E-state index in [2.05, 4.69) is 5.32 Å². The fourth-order valence-electron chi connectivity index (χ4n) is 1.56. The molecule has 0 aliphatic carbocycles. The standard InChI is InChI=1S/C11H14F3NO/c1-6-3-7(9(16)5-15-2)4-8(12)10(6)11(13)14/h3-4,9,11,15-16H,5H2,1-2H3. The number of rotatable bonds is 4. The van der Waals surface area contributed by atoms with E-state index in [9.17, 15) is 18.3 Å². The molecular formula is C11H14F3NO. The van der Waals surface area contributed by atoms with Crippen molar-refractivity contribution >= 4 is 0 Å².